The first-order chi connectivity index (χ1) is 11.4. The van der Waals surface area contributed by atoms with E-state index in [1.807, 2.05) is 0 Å². The highest BCUT2D eigenvalue weighted by atomic mass is 16.6. The fourth-order valence-electron chi connectivity index (χ4n) is 3.09. The number of carbonyl (C=O) groups is 2. The van der Waals surface area contributed by atoms with Crippen LogP contribution in [0.3, 0.4) is 0 Å². The second-order valence-electron chi connectivity index (χ2n) is 5.92. The van der Waals surface area contributed by atoms with Gasteiger partial charge in [-0.2, -0.15) is 5.10 Å². The fourth-order valence-corrected chi connectivity index (χ4v) is 3.09. The lowest BCUT2D eigenvalue weighted by Gasteiger charge is -2.29. The smallest absolute Gasteiger partial charge is 0.346 e. The van der Waals surface area contributed by atoms with Gasteiger partial charge in [0, 0.05) is 11.6 Å². The second kappa shape index (κ2) is 5.91. The minimum absolute atomic E-state index is 0.256. The monoisotopic (exact) mass is 331 g/mol. The number of nitro benzene ring substituents is 1. The van der Waals surface area contributed by atoms with Crippen molar-refractivity contribution in [2.24, 2.45) is 5.10 Å². The third kappa shape index (κ3) is 2.68. The molecule has 24 heavy (non-hydrogen) atoms. The molecular weight excluding hydrogens is 316 g/mol. The van der Waals surface area contributed by atoms with Crippen LogP contribution in [0.2, 0.25) is 0 Å². The summed E-state index contributed by atoms with van der Waals surface area (Å²) in [5, 5.41) is 29.5. The molecule has 1 aliphatic carbocycles. The lowest BCUT2D eigenvalue weighted by Crippen LogP contribution is -2.48. The molecule has 2 fully saturated rings. The average Bonchev–Trinajstić information content (AvgIpc) is 2.77. The summed E-state index contributed by atoms with van der Waals surface area (Å²) < 4.78 is 0. The van der Waals surface area contributed by atoms with E-state index >= 15 is 0 Å². The summed E-state index contributed by atoms with van der Waals surface area (Å²) in [5.41, 5.74) is -1.20. The third-order valence-corrected chi connectivity index (χ3v) is 4.35. The molecule has 0 unspecified atom stereocenters. The number of urea groups is 1. The van der Waals surface area contributed by atoms with Crippen LogP contribution in [0.1, 0.15) is 37.7 Å². The SMILES string of the molecule is O=C1NC2(CCCCC2)C(=O)N1/N=C\c1ccc([O-])c([N+](=O)[O-])c1. The number of amides is 3. The first-order valence-electron chi connectivity index (χ1n) is 7.59. The van der Waals surface area contributed by atoms with Crippen LogP contribution in [0.4, 0.5) is 10.5 Å². The Morgan fingerprint density at radius 2 is 1.96 bits per heavy atom. The van der Waals surface area contributed by atoms with Gasteiger partial charge in [-0.25, -0.2) is 4.79 Å². The number of imide groups is 1. The molecule has 1 saturated carbocycles. The van der Waals surface area contributed by atoms with Gasteiger partial charge >= 0.3 is 6.03 Å². The Morgan fingerprint density at radius 3 is 2.62 bits per heavy atom. The number of hydrazone groups is 1. The molecule has 2 aliphatic rings. The quantitative estimate of drug-likeness (QED) is 0.386. The molecule has 9 heteroatoms. The molecular formula is C15H15N4O5-. The molecule has 0 bridgehead atoms. The van der Waals surface area contributed by atoms with E-state index < -0.39 is 33.8 Å². The molecule has 126 valence electrons. The maximum absolute atomic E-state index is 12.5. The number of hydrogen-bond acceptors (Lipinski definition) is 6. The second-order valence-corrected chi connectivity index (χ2v) is 5.92. The van der Waals surface area contributed by atoms with E-state index in [2.05, 4.69) is 10.4 Å². The standard InChI is InChI=1S/C15H16N4O5/c20-12-5-4-10(8-11(12)19(23)24)9-16-18-13(21)15(17-14(18)22)6-2-1-3-7-15/h4-5,8-9,20H,1-3,6-7H2,(H,17,22)/p-1/b16-9-. The number of carbonyl (C=O) groups excluding carboxylic acids is 2. The summed E-state index contributed by atoms with van der Waals surface area (Å²) in [5.74, 6) is -1.12. The Labute approximate surface area is 137 Å². The topological polar surface area (TPSA) is 128 Å². The van der Waals surface area contributed by atoms with Crippen molar-refractivity contribution in [3.8, 4) is 5.75 Å². The van der Waals surface area contributed by atoms with Crippen molar-refractivity contribution in [1.82, 2.24) is 10.3 Å². The molecule has 1 spiro atoms. The van der Waals surface area contributed by atoms with E-state index in [9.17, 15) is 24.8 Å². The summed E-state index contributed by atoms with van der Waals surface area (Å²) in [6.07, 6.45) is 5.08. The van der Waals surface area contributed by atoms with Crippen molar-refractivity contribution >= 4 is 23.8 Å². The maximum atomic E-state index is 12.5. The Hall–Kier alpha value is -2.97. The van der Waals surface area contributed by atoms with E-state index in [1.165, 1.54) is 6.07 Å². The summed E-state index contributed by atoms with van der Waals surface area (Å²) >= 11 is 0. The molecule has 3 rings (SSSR count). The predicted octanol–water partition coefficient (Wildman–Crippen LogP) is 1.26. The average molecular weight is 331 g/mol. The van der Waals surface area contributed by atoms with Crippen molar-refractivity contribution in [3.63, 3.8) is 0 Å². The van der Waals surface area contributed by atoms with Gasteiger partial charge in [0.1, 0.15) is 5.54 Å². The number of nitrogens with one attached hydrogen (secondary N) is 1. The largest absolute Gasteiger partial charge is 0.868 e. The molecule has 9 nitrogen and oxygen atoms in total. The number of nitrogens with zero attached hydrogens (tertiary/aromatic N) is 3. The van der Waals surface area contributed by atoms with Crippen molar-refractivity contribution in [1.29, 1.82) is 0 Å². The number of rotatable bonds is 3. The lowest BCUT2D eigenvalue weighted by atomic mass is 9.82. The van der Waals surface area contributed by atoms with E-state index in [1.54, 1.807) is 0 Å². The lowest BCUT2D eigenvalue weighted by molar-refractivity contribution is -0.398. The van der Waals surface area contributed by atoms with Gasteiger partial charge in [0.2, 0.25) is 0 Å². The molecule has 0 radical (unpaired) electrons. The van der Waals surface area contributed by atoms with Crippen LogP contribution < -0.4 is 10.4 Å². The first kappa shape index (κ1) is 15.9. The summed E-state index contributed by atoms with van der Waals surface area (Å²) in [4.78, 5) is 34.5. The molecule has 1 aromatic rings. The Balaban J connectivity index is 1.82. The number of benzene rings is 1. The van der Waals surface area contributed by atoms with Crippen LogP contribution in [-0.2, 0) is 4.79 Å². The van der Waals surface area contributed by atoms with E-state index in [4.69, 9.17) is 0 Å². The van der Waals surface area contributed by atoms with Crippen molar-refractivity contribution in [2.45, 2.75) is 37.6 Å². The van der Waals surface area contributed by atoms with Gasteiger partial charge < -0.3 is 10.4 Å². The number of nitro groups is 1. The zero-order chi connectivity index (χ0) is 17.3. The molecule has 1 aromatic carbocycles. The summed E-state index contributed by atoms with van der Waals surface area (Å²) in [6, 6.07) is 2.84. The highest BCUT2D eigenvalue weighted by Crippen LogP contribution is 2.33. The van der Waals surface area contributed by atoms with E-state index in [0.29, 0.717) is 12.8 Å². The molecule has 0 aromatic heterocycles. The van der Waals surface area contributed by atoms with Gasteiger partial charge in [0.15, 0.2) is 0 Å². The van der Waals surface area contributed by atoms with Crippen molar-refractivity contribution < 1.29 is 19.6 Å². The highest BCUT2D eigenvalue weighted by Gasteiger charge is 2.51. The summed E-state index contributed by atoms with van der Waals surface area (Å²) in [6.45, 7) is 0. The van der Waals surface area contributed by atoms with Crippen LogP contribution in [0, 0.1) is 10.1 Å². The van der Waals surface area contributed by atoms with E-state index in [0.717, 1.165) is 42.6 Å². The zero-order valence-electron chi connectivity index (χ0n) is 12.7. The fraction of sp³-hybridized carbons (Fsp3) is 0.400. The predicted molar refractivity (Wildman–Crippen MR) is 81.3 cm³/mol. The molecule has 1 saturated heterocycles. The van der Waals surface area contributed by atoms with Gasteiger partial charge in [-0.1, -0.05) is 31.4 Å². The third-order valence-electron chi connectivity index (χ3n) is 4.35. The van der Waals surface area contributed by atoms with Crippen LogP contribution in [-0.4, -0.2) is 33.6 Å². The van der Waals surface area contributed by atoms with E-state index in [-0.39, 0.29) is 5.56 Å². The van der Waals surface area contributed by atoms with Gasteiger partial charge in [-0.3, -0.25) is 14.9 Å². The minimum atomic E-state index is -0.877. The Bertz CT molecular complexity index is 739. The van der Waals surface area contributed by atoms with Crippen LogP contribution in [0.15, 0.2) is 23.3 Å². The van der Waals surface area contributed by atoms with Gasteiger partial charge in [-0.15, -0.1) is 5.01 Å². The number of hydrogen-bond donors (Lipinski definition) is 1. The highest BCUT2D eigenvalue weighted by molar-refractivity contribution is 6.07. The molecule has 0 atom stereocenters. The Morgan fingerprint density at radius 1 is 1.25 bits per heavy atom. The molecule has 3 amide bonds. The van der Waals surface area contributed by atoms with Crippen LogP contribution in [0.25, 0.3) is 0 Å². The van der Waals surface area contributed by atoms with Crippen molar-refractivity contribution in [2.75, 3.05) is 0 Å². The van der Waals surface area contributed by atoms with Gasteiger partial charge in [0.05, 0.1) is 11.1 Å². The summed E-state index contributed by atoms with van der Waals surface area (Å²) in [7, 11) is 0. The van der Waals surface area contributed by atoms with Crippen LogP contribution >= 0.6 is 0 Å². The molecule has 1 N–H and O–H groups in total. The van der Waals surface area contributed by atoms with Crippen molar-refractivity contribution in [3.05, 3.63) is 33.9 Å². The van der Waals surface area contributed by atoms with Crippen LogP contribution in [0.5, 0.6) is 5.75 Å². The van der Waals surface area contributed by atoms with Gasteiger partial charge in [-0.05, 0) is 18.6 Å². The maximum Gasteiger partial charge on any atom is 0.346 e. The normalized spacial score (nSPS) is 19.9. The zero-order valence-corrected chi connectivity index (χ0v) is 12.7. The molecule has 1 heterocycles. The minimum Gasteiger partial charge on any atom is -0.868 e. The Kier molecular flexibility index (Phi) is 3.92. The molecule has 1 aliphatic heterocycles. The van der Waals surface area contributed by atoms with Gasteiger partial charge in [0.25, 0.3) is 11.6 Å². The first-order valence-corrected chi connectivity index (χ1v) is 7.59.